The minimum atomic E-state index is -0.0277. The molecule has 1 heterocycles. The maximum absolute atomic E-state index is 12.5. The number of hydrogen-bond donors (Lipinski definition) is 0. The monoisotopic (exact) mass is 264 g/mol. The van der Waals surface area contributed by atoms with Gasteiger partial charge < -0.3 is 4.57 Å². The maximum atomic E-state index is 12.5. The Balaban J connectivity index is 2.22. The molecule has 0 aliphatic heterocycles. The number of rotatable bonds is 2. The summed E-state index contributed by atoms with van der Waals surface area (Å²) >= 11 is 0. The molecule has 1 aromatic heterocycles. The number of benzene rings is 2. The summed E-state index contributed by atoms with van der Waals surface area (Å²) in [7, 11) is 1.80. The van der Waals surface area contributed by atoms with Crippen molar-refractivity contribution in [3.63, 3.8) is 0 Å². The van der Waals surface area contributed by atoms with Crippen molar-refractivity contribution in [2.75, 3.05) is 0 Å². The smallest absolute Gasteiger partial charge is 0.273 e. The SMILES string of the molecule is C[C@@H](c1ccccc1)c1nc2ccccc2n(C)c1=O. The van der Waals surface area contributed by atoms with E-state index in [4.69, 9.17) is 0 Å². The van der Waals surface area contributed by atoms with Gasteiger partial charge in [-0.1, -0.05) is 49.4 Å². The van der Waals surface area contributed by atoms with E-state index in [0.29, 0.717) is 5.69 Å². The van der Waals surface area contributed by atoms with Gasteiger partial charge in [0.25, 0.3) is 5.56 Å². The van der Waals surface area contributed by atoms with Gasteiger partial charge in [0.1, 0.15) is 5.69 Å². The van der Waals surface area contributed by atoms with Crippen molar-refractivity contribution in [1.29, 1.82) is 0 Å². The first-order chi connectivity index (χ1) is 9.68. The van der Waals surface area contributed by atoms with Gasteiger partial charge in [-0.2, -0.15) is 0 Å². The summed E-state index contributed by atoms with van der Waals surface area (Å²) in [5, 5.41) is 0. The van der Waals surface area contributed by atoms with E-state index < -0.39 is 0 Å². The van der Waals surface area contributed by atoms with Gasteiger partial charge in [-0.3, -0.25) is 4.79 Å². The van der Waals surface area contributed by atoms with Gasteiger partial charge in [0.15, 0.2) is 0 Å². The van der Waals surface area contributed by atoms with E-state index in [2.05, 4.69) is 4.98 Å². The molecular formula is C17H16N2O. The van der Waals surface area contributed by atoms with Crippen molar-refractivity contribution < 1.29 is 0 Å². The number of nitrogens with zero attached hydrogens (tertiary/aromatic N) is 2. The zero-order valence-corrected chi connectivity index (χ0v) is 11.6. The third-order valence-corrected chi connectivity index (χ3v) is 3.72. The molecule has 0 amide bonds. The molecule has 0 radical (unpaired) electrons. The molecule has 3 heteroatoms. The second kappa shape index (κ2) is 4.93. The van der Waals surface area contributed by atoms with Gasteiger partial charge in [-0.05, 0) is 17.7 Å². The van der Waals surface area contributed by atoms with Crippen molar-refractivity contribution in [1.82, 2.24) is 9.55 Å². The number of para-hydroxylation sites is 2. The van der Waals surface area contributed by atoms with E-state index in [-0.39, 0.29) is 11.5 Å². The Bertz CT molecular complexity index is 806. The number of aryl methyl sites for hydroxylation is 1. The number of fused-ring (bicyclic) bond motifs is 1. The van der Waals surface area contributed by atoms with Crippen LogP contribution in [0.4, 0.5) is 0 Å². The predicted octanol–water partition coefficient (Wildman–Crippen LogP) is 3.09. The molecule has 2 aromatic carbocycles. The molecule has 0 aliphatic carbocycles. The van der Waals surface area contributed by atoms with Crippen LogP contribution in [0.3, 0.4) is 0 Å². The standard InChI is InChI=1S/C17H16N2O/c1-12(13-8-4-3-5-9-13)16-17(20)19(2)15-11-7-6-10-14(15)18-16/h3-12H,1-2H3/t12-/m0/s1. The van der Waals surface area contributed by atoms with Crippen molar-refractivity contribution >= 4 is 11.0 Å². The summed E-state index contributed by atoms with van der Waals surface area (Å²) in [5.74, 6) is -0.0143. The maximum Gasteiger partial charge on any atom is 0.273 e. The number of aromatic nitrogens is 2. The van der Waals surface area contributed by atoms with Gasteiger partial charge >= 0.3 is 0 Å². The Morgan fingerprint density at radius 3 is 2.40 bits per heavy atom. The zero-order chi connectivity index (χ0) is 14.1. The van der Waals surface area contributed by atoms with Crippen LogP contribution in [0.2, 0.25) is 0 Å². The lowest BCUT2D eigenvalue weighted by atomic mass is 9.98. The molecule has 0 fully saturated rings. The van der Waals surface area contributed by atoms with Crippen LogP contribution in [0.1, 0.15) is 24.1 Å². The third-order valence-electron chi connectivity index (χ3n) is 3.72. The molecule has 0 saturated heterocycles. The molecule has 3 aromatic rings. The van der Waals surface area contributed by atoms with Crippen LogP contribution in [-0.2, 0) is 7.05 Å². The molecule has 1 atom stereocenters. The van der Waals surface area contributed by atoms with E-state index in [9.17, 15) is 4.79 Å². The topological polar surface area (TPSA) is 34.9 Å². The van der Waals surface area contributed by atoms with E-state index in [0.717, 1.165) is 16.6 Å². The molecule has 20 heavy (non-hydrogen) atoms. The normalized spacial score (nSPS) is 12.5. The van der Waals surface area contributed by atoms with E-state index >= 15 is 0 Å². The summed E-state index contributed by atoms with van der Waals surface area (Å²) < 4.78 is 1.68. The molecule has 3 rings (SSSR count). The first kappa shape index (κ1) is 12.6. The Kier molecular flexibility index (Phi) is 3.11. The van der Waals surface area contributed by atoms with E-state index in [1.165, 1.54) is 0 Å². The Morgan fingerprint density at radius 2 is 1.65 bits per heavy atom. The second-order valence-corrected chi connectivity index (χ2v) is 4.98. The van der Waals surface area contributed by atoms with Gasteiger partial charge in [0, 0.05) is 13.0 Å². The Morgan fingerprint density at radius 1 is 1.00 bits per heavy atom. The van der Waals surface area contributed by atoms with E-state index in [1.54, 1.807) is 11.6 Å². The molecular weight excluding hydrogens is 248 g/mol. The summed E-state index contributed by atoms with van der Waals surface area (Å²) in [6.07, 6.45) is 0. The highest BCUT2D eigenvalue weighted by Gasteiger charge is 2.16. The van der Waals surface area contributed by atoms with Crippen LogP contribution in [0.15, 0.2) is 59.4 Å². The molecule has 0 saturated carbocycles. The molecule has 0 bridgehead atoms. The van der Waals surface area contributed by atoms with Crippen LogP contribution in [0, 0.1) is 0 Å². The molecule has 0 spiro atoms. The highest BCUT2D eigenvalue weighted by Crippen LogP contribution is 2.21. The van der Waals surface area contributed by atoms with Crippen LogP contribution >= 0.6 is 0 Å². The summed E-state index contributed by atoms with van der Waals surface area (Å²) in [4.78, 5) is 17.1. The fraction of sp³-hybridized carbons (Fsp3) is 0.176. The Hall–Kier alpha value is -2.42. The molecule has 3 nitrogen and oxygen atoms in total. The van der Waals surface area contributed by atoms with Gasteiger partial charge in [0.2, 0.25) is 0 Å². The largest absolute Gasteiger partial charge is 0.308 e. The van der Waals surface area contributed by atoms with E-state index in [1.807, 2.05) is 61.5 Å². The van der Waals surface area contributed by atoms with Crippen molar-refractivity contribution in [2.45, 2.75) is 12.8 Å². The van der Waals surface area contributed by atoms with Crippen LogP contribution in [-0.4, -0.2) is 9.55 Å². The Labute approximate surface area is 117 Å². The van der Waals surface area contributed by atoms with Gasteiger partial charge in [0.05, 0.1) is 11.0 Å². The molecule has 0 N–H and O–H groups in total. The first-order valence-electron chi connectivity index (χ1n) is 6.69. The van der Waals surface area contributed by atoms with Crippen molar-refractivity contribution in [2.24, 2.45) is 7.05 Å². The fourth-order valence-electron chi connectivity index (χ4n) is 2.48. The summed E-state index contributed by atoms with van der Waals surface area (Å²) in [6, 6.07) is 17.7. The second-order valence-electron chi connectivity index (χ2n) is 4.98. The highest BCUT2D eigenvalue weighted by atomic mass is 16.1. The predicted molar refractivity (Wildman–Crippen MR) is 80.9 cm³/mol. The summed E-state index contributed by atoms with van der Waals surface area (Å²) in [6.45, 7) is 2.02. The van der Waals surface area contributed by atoms with Crippen LogP contribution < -0.4 is 5.56 Å². The first-order valence-corrected chi connectivity index (χ1v) is 6.69. The molecule has 0 aliphatic rings. The highest BCUT2D eigenvalue weighted by molar-refractivity contribution is 5.74. The zero-order valence-electron chi connectivity index (χ0n) is 11.6. The lowest BCUT2D eigenvalue weighted by Crippen LogP contribution is -2.25. The number of hydrogen-bond acceptors (Lipinski definition) is 2. The average molecular weight is 264 g/mol. The van der Waals surface area contributed by atoms with Gasteiger partial charge in [-0.15, -0.1) is 0 Å². The van der Waals surface area contributed by atoms with Crippen molar-refractivity contribution in [3.8, 4) is 0 Å². The third kappa shape index (κ3) is 2.01. The van der Waals surface area contributed by atoms with Crippen LogP contribution in [0.5, 0.6) is 0 Å². The average Bonchev–Trinajstić information content (AvgIpc) is 2.51. The van der Waals surface area contributed by atoms with Crippen LogP contribution in [0.25, 0.3) is 11.0 Å². The molecule has 100 valence electrons. The minimum absolute atomic E-state index is 0.0143. The molecule has 0 unspecified atom stereocenters. The lowest BCUT2D eigenvalue weighted by Gasteiger charge is -2.13. The fourth-order valence-corrected chi connectivity index (χ4v) is 2.48. The lowest BCUT2D eigenvalue weighted by molar-refractivity contribution is 0.794. The quantitative estimate of drug-likeness (QED) is 0.713. The van der Waals surface area contributed by atoms with Crippen molar-refractivity contribution in [3.05, 3.63) is 76.2 Å². The minimum Gasteiger partial charge on any atom is -0.308 e. The van der Waals surface area contributed by atoms with Gasteiger partial charge in [-0.25, -0.2) is 4.98 Å². The summed E-state index contributed by atoms with van der Waals surface area (Å²) in [5.41, 5.74) is 3.39.